The third kappa shape index (κ3) is 4.57. The number of pyridine rings is 1. The molecule has 0 radical (unpaired) electrons. The van der Waals surface area contributed by atoms with E-state index < -0.39 is 5.41 Å². The van der Waals surface area contributed by atoms with Gasteiger partial charge in [0.25, 0.3) is 5.91 Å². The number of carbonyl (C=O) groups excluding carboxylic acids is 2. The summed E-state index contributed by atoms with van der Waals surface area (Å²) < 4.78 is 7.65. The fraction of sp³-hybridized carbons (Fsp3) is 0.444. The largest absolute Gasteiger partial charge is 0.496 e. The van der Waals surface area contributed by atoms with Crippen molar-refractivity contribution in [3.8, 4) is 17.3 Å². The molecule has 3 aromatic rings. The third-order valence-electron chi connectivity index (χ3n) is 7.25. The maximum absolute atomic E-state index is 13.4. The van der Waals surface area contributed by atoms with Crippen LogP contribution in [-0.2, 0) is 24.2 Å². The van der Waals surface area contributed by atoms with Crippen LogP contribution in [0.15, 0.2) is 30.3 Å². The summed E-state index contributed by atoms with van der Waals surface area (Å²) in [4.78, 5) is 32.6. The lowest BCUT2D eigenvalue weighted by Gasteiger charge is -2.34. The number of aliphatic hydroxyl groups excluding tert-OH is 1. The van der Waals surface area contributed by atoms with Crippen molar-refractivity contribution in [1.29, 1.82) is 0 Å². The smallest absolute Gasteiger partial charge is 0.260 e. The number of fused-ring (bicyclic) bond motifs is 2. The van der Waals surface area contributed by atoms with Crippen molar-refractivity contribution in [3.63, 3.8) is 0 Å². The average molecular weight is 505 g/mol. The molecule has 0 bridgehead atoms. The monoisotopic (exact) mass is 504 g/mol. The fourth-order valence-corrected chi connectivity index (χ4v) is 5.01. The number of rotatable bonds is 6. The van der Waals surface area contributed by atoms with Gasteiger partial charge in [-0.05, 0) is 69.0 Å². The minimum atomic E-state index is -0.858. The number of ether oxygens (including phenoxy) is 1. The Kier molecular flexibility index (Phi) is 6.45. The van der Waals surface area contributed by atoms with Crippen LogP contribution in [0.25, 0.3) is 11.5 Å². The number of nitrogens with zero attached hydrogens (tertiary/aromatic N) is 5. The van der Waals surface area contributed by atoms with Crippen molar-refractivity contribution in [2.24, 2.45) is 5.41 Å². The van der Waals surface area contributed by atoms with Crippen molar-refractivity contribution in [3.05, 3.63) is 52.8 Å². The van der Waals surface area contributed by atoms with E-state index in [1.165, 1.54) is 7.11 Å². The molecule has 2 aliphatic rings. The highest BCUT2D eigenvalue weighted by atomic mass is 16.5. The number of nitrogens with one attached hydrogen (secondary N) is 1. The number of aromatic nitrogens is 4. The van der Waals surface area contributed by atoms with Crippen molar-refractivity contribution < 1.29 is 19.4 Å². The highest BCUT2D eigenvalue weighted by Crippen LogP contribution is 2.32. The predicted molar refractivity (Wildman–Crippen MR) is 137 cm³/mol. The quantitative estimate of drug-likeness (QED) is 0.529. The van der Waals surface area contributed by atoms with E-state index in [2.05, 4.69) is 32.0 Å². The minimum absolute atomic E-state index is 0.113. The van der Waals surface area contributed by atoms with Gasteiger partial charge in [0, 0.05) is 25.6 Å². The van der Waals surface area contributed by atoms with Gasteiger partial charge < -0.3 is 24.6 Å². The van der Waals surface area contributed by atoms with Crippen LogP contribution in [0.2, 0.25) is 0 Å². The molecule has 0 saturated heterocycles. The highest BCUT2D eigenvalue weighted by Gasteiger charge is 2.33. The van der Waals surface area contributed by atoms with E-state index in [0.29, 0.717) is 54.2 Å². The van der Waals surface area contributed by atoms with Crippen LogP contribution in [0.5, 0.6) is 5.75 Å². The molecule has 0 aliphatic carbocycles. The lowest BCUT2D eigenvalue weighted by Crippen LogP contribution is -2.45. The molecule has 5 rings (SSSR count). The van der Waals surface area contributed by atoms with Crippen molar-refractivity contribution >= 4 is 17.6 Å². The number of anilines is 1. The molecule has 0 unspecified atom stereocenters. The summed E-state index contributed by atoms with van der Waals surface area (Å²) >= 11 is 0. The normalized spacial score (nSPS) is 16.8. The van der Waals surface area contributed by atoms with Gasteiger partial charge in [-0.2, -0.15) is 0 Å². The van der Waals surface area contributed by atoms with Crippen LogP contribution in [0, 0.1) is 5.41 Å². The average Bonchev–Trinajstić information content (AvgIpc) is 3.50. The summed E-state index contributed by atoms with van der Waals surface area (Å²) in [5.41, 5.74) is 2.07. The summed E-state index contributed by atoms with van der Waals surface area (Å²) in [5, 5.41) is 21.1. The second-order valence-corrected chi connectivity index (χ2v) is 10.4. The number of benzene rings is 1. The fourth-order valence-electron chi connectivity index (χ4n) is 5.01. The molecule has 10 nitrogen and oxygen atoms in total. The molecule has 194 valence electrons. The maximum atomic E-state index is 13.4. The lowest BCUT2D eigenvalue weighted by atomic mass is 9.90. The van der Waals surface area contributed by atoms with Crippen LogP contribution in [0.1, 0.15) is 60.5 Å². The summed E-state index contributed by atoms with van der Waals surface area (Å²) in [6, 6.07) is 9.37. The predicted octanol–water partition coefficient (Wildman–Crippen LogP) is 3.01. The first-order valence-electron chi connectivity index (χ1n) is 12.5. The van der Waals surface area contributed by atoms with Crippen molar-refractivity contribution in [2.75, 3.05) is 25.6 Å². The topological polar surface area (TPSA) is 122 Å². The summed E-state index contributed by atoms with van der Waals surface area (Å²) in [6.45, 7) is 6.28. The summed E-state index contributed by atoms with van der Waals surface area (Å²) in [6.07, 6.45) is 2.56. The van der Waals surface area contributed by atoms with E-state index in [1.54, 1.807) is 30.9 Å². The summed E-state index contributed by atoms with van der Waals surface area (Å²) in [7, 11) is 1.53. The molecule has 2 N–H and O–H groups in total. The Morgan fingerprint density at radius 2 is 2.00 bits per heavy atom. The van der Waals surface area contributed by atoms with Crippen molar-refractivity contribution in [2.45, 2.75) is 52.6 Å². The molecule has 0 spiro atoms. The third-order valence-corrected chi connectivity index (χ3v) is 7.25. The van der Waals surface area contributed by atoms with Crippen LogP contribution >= 0.6 is 0 Å². The number of aliphatic hydroxyl groups is 1. The second-order valence-electron chi connectivity index (χ2n) is 10.4. The first-order valence-corrected chi connectivity index (χ1v) is 12.5. The van der Waals surface area contributed by atoms with E-state index in [4.69, 9.17) is 4.74 Å². The first-order chi connectivity index (χ1) is 17.7. The number of methoxy groups -OCH3 is 1. The number of carbonyl (C=O) groups is 2. The molecule has 37 heavy (non-hydrogen) atoms. The highest BCUT2D eigenvalue weighted by molar-refractivity contribution is 6.06. The molecule has 2 aromatic heterocycles. The Morgan fingerprint density at radius 1 is 1.19 bits per heavy atom. The molecule has 4 heterocycles. The Bertz CT molecular complexity index is 1360. The SMILES string of the molecule is COc1cc2c(cc1C(=O)Nc1cccc(-c3nnc4n3[C@@H](C)CC4)n1)CN(C(=O)C(C)(C)CO)CC2. The zero-order valence-electron chi connectivity index (χ0n) is 21.6. The van der Waals surface area contributed by atoms with Crippen molar-refractivity contribution in [1.82, 2.24) is 24.6 Å². The van der Waals surface area contributed by atoms with Gasteiger partial charge >= 0.3 is 0 Å². The molecule has 2 aliphatic heterocycles. The van der Waals surface area contributed by atoms with Crippen LogP contribution in [-0.4, -0.2) is 61.8 Å². The number of hydrogen-bond acceptors (Lipinski definition) is 7. The molecule has 0 saturated carbocycles. The van der Waals surface area contributed by atoms with Gasteiger partial charge in [0.2, 0.25) is 5.91 Å². The summed E-state index contributed by atoms with van der Waals surface area (Å²) in [5.74, 6) is 2.03. The molecular formula is C27H32N6O4. The minimum Gasteiger partial charge on any atom is -0.496 e. The van der Waals surface area contributed by atoms with Gasteiger partial charge in [0.1, 0.15) is 23.1 Å². The molecule has 1 atom stereocenters. The van der Waals surface area contributed by atoms with E-state index in [1.807, 2.05) is 18.2 Å². The number of amides is 2. The Labute approximate surface area is 215 Å². The molecular weight excluding hydrogens is 472 g/mol. The maximum Gasteiger partial charge on any atom is 0.260 e. The Hall–Kier alpha value is -3.79. The molecule has 2 amide bonds. The van der Waals surface area contributed by atoms with Gasteiger partial charge in [-0.15, -0.1) is 10.2 Å². The zero-order chi connectivity index (χ0) is 26.3. The van der Waals surface area contributed by atoms with Crippen LogP contribution < -0.4 is 10.1 Å². The number of aryl methyl sites for hydroxylation is 1. The lowest BCUT2D eigenvalue weighted by molar-refractivity contribution is -0.143. The zero-order valence-corrected chi connectivity index (χ0v) is 21.6. The van der Waals surface area contributed by atoms with Gasteiger partial charge in [-0.3, -0.25) is 9.59 Å². The van der Waals surface area contributed by atoms with Gasteiger partial charge in [-0.25, -0.2) is 4.98 Å². The Morgan fingerprint density at radius 3 is 2.76 bits per heavy atom. The van der Waals surface area contributed by atoms with Crippen LogP contribution in [0.4, 0.5) is 5.82 Å². The van der Waals surface area contributed by atoms with Crippen LogP contribution in [0.3, 0.4) is 0 Å². The van der Waals surface area contributed by atoms with E-state index in [0.717, 1.165) is 29.8 Å². The first kappa shape index (κ1) is 24.9. The number of hydrogen-bond donors (Lipinski definition) is 2. The Balaban J connectivity index is 1.39. The van der Waals surface area contributed by atoms with E-state index in [9.17, 15) is 14.7 Å². The second kappa shape index (κ2) is 9.59. The molecule has 10 heteroatoms. The molecule has 0 fully saturated rings. The van der Waals surface area contributed by atoms with Gasteiger partial charge in [-0.1, -0.05) is 6.07 Å². The standard InChI is InChI=1S/C27H32N6O4/c1-16-8-9-23-30-31-24(33(16)23)20-6-5-7-22(28-20)29-25(35)19-12-18-14-32(26(36)27(2,3)15-34)11-10-17(18)13-21(19)37-4/h5-7,12-13,16,34H,8-11,14-15H2,1-4H3,(H,28,29,35)/t16-/m0/s1. The van der Waals surface area contributed by atoms with Gasteiger partial charge in [0.05, 0.1) is 24.7 Å². The van der Waals surface area contributed by atoms with E-state index in [-0.39, 0.29) is 18.4 Å². The van der Waals surface area contributed by atoms with Gasteiger partial charge in [0.15, 0.2) is 5.82 Å². The molecule has 1 aromatic carbocycles. The van der Waals surface area contributed by atoms with E-state index >= 15 is 0 Å².